The third-order valence-corrected chi connectivity index (χ3v) is 3.65. The van der Waals surface area contributed by atoms with Crippen molar-refractivity contribution in [3.8, 4) is 0 Å². The number of carboxylic acid groups (broad SMARTS) is 1. The van der Waals surface area contributed by atoms with Crippen molar-refractivity contribution in [1.29, 1.82) is 0 Å². The molecule has 1 saturated heterocycles. The van der Waals surface area contributed by atoms with E-state index < -0.39 is 30.1 Å². The number of esters is 1. The predicted octanol–water partition coefficient (Wildman–Crippen LogP) is -0.346. The van der Waals surface area contributed by atoms with Crippen molar-refractivity contribution in [2.24, 2.45) is 0 Å². The highest BCUT2D eigenvalue weighted by Gasteiger charge is 2.44. The van der Waals surface area contributed by atoms with Crippen molar-refractivity contribution < 1.29 is 29.3 Å². The van der Waals surface area contributed by atoms with E-state index in [1.807, 2.05) is 0 Å². The number of rotatable bonds is 5. The van der Waals surface area contributed by atoms with E-state index in [2.05, 4.69) is 0 Å². The van der Waals surface area contributed by atoms with E-state index in [0.29, 0.717) is 0 Å². The molecule has 1 aliphatic heterocycles. The molecule has 2 fully saturated rings. The number of nitrogens with zero attached hydrogens (tertiary/aromatic N) is 2. The molecule has 2 rings (SSSR count). The predicted molar refractivity (Wildman–Crippen MR) is 70.5 cm³/mol. The van der Waals surface area contributed by atoms with Gasteiger partial charge >= 0.3 is 18.0 Å². The molecule has 0 bridgehead atoms. The summed E-state index contributed by atoms with van der Waals surface area (Å²) >= 11 is 0. The van der Waals surface area contributed by atoms with Gasteiger partial charge in [0.05, 0.1) is 12.7 Å². The lowest BCUT2D eigenvalue weighted by molar-refractivity contribution is -0.144. The van der Waals surface area contributed by atoms with Gasteiger partial charge < -0.3 is 24.7 Å². The number of hydrogen-bond donors (Lipinski definition) is 2. The number of carbonyl (C=O) groups excluding carboxylic acids is 2. The molecule has 1 aliphatic carbocycles. The number of urea groups is 1. The van der Waals surface area contributed by atoms with Crippen molar-refractivity contribution in [2.45, 2.75) is 44.4 Å². The van der Waals surface area contributed by atoms with Crippen LogP contribution in [-0.2, 0) is 14.3 Å². The topological polar surface area (TPSA) is 107 Å². The monoisotopic (exact) mass is 300 g/mol. The average molecular weight is 300 g/mol. The molecule has 1 heterocycles. The van der Waals surface area contributed by atoms with Gasteiger partial charge in [-0.05, 0) is 19.8 Å². The van der Waals surface area contributed by atoms with E-state index in [1.165, 1.54) is 4.90 Å². The van der Waals surface area contributed by atoms with Crippen LogP contribution in [0.25, 0.3) is 0 Å². The summed E-state index contributed by atoms with van der Waals surface area (Å²) in [6.45, 7) is 1.70. The summed E-state index contributed by atoms with van der Waals surface area (Å²) in [7, 11) is 0. The summed E-state index contributed by atoms with van der Waals surface area (Å²) in [6, 6.07) is -1.61. The van der Waals surface area contributed by atoms with Crippen LogP contribution in [0.1, 0.15) is 26.2 Å². The lowest BCUT2D eigenvalue weighted by Gasteiger charge is -2.29. The van der Waals surface area contributed by atoms with Gasteiger partial charge in [0.2, 0.25) is 0 Å². The zero-order valence-corrected chi connectivity index (χ0v) is 11.9. The number of ether oxygens (including phenoxy) is 1. The van der Waals surface area contributed by atoms with Crippen molar-refractivity contribution in [3.63, 3.8) is 0 Å². The second-order valence-electron chi connectivity index (χ2n) is 5.34. The summed E-state index contributed by atoms with van der Waals surface area (Å²) in [5.74, 6) is -1.66. The van der Waals surface area contributed by atoms with Gasteiger partial charge in [-0.25, -0.2) is 9.59 Å². The molecule has 118 valence electrons. The molecule has 0 radical (unpaired) electrons. The molecular weight excluding hydrogens is 280 g/mol. The molecule has 0 aromatic carbocycles. The Morgan fingerprint density at radius 2 is 2.00 bits per heavy atom. The fourth-order valence-electron chi connectivity index (χ4n) is 2.51. The van der Waals surface area contributed by atoms with E-state index >= 15 is 0 Å². The van der Waals surface area contributed by atoms with Crippen LogP contribution in [0.15, 0.2) is 0 Å². The van der Waals surface area contributed by atoms with Crippen LogP contribution in [0.2, 0.25) is 0 Å². The first-order chi connectivity index (χ1) is 9.93. The highest BCUT2D eigenvalue weighted by molar-refractivity contribution is 5.86. The van der Waals surface area contributed by atoms with Crippen molar-refractivity contribution >= 4 is 18.0 Å². The van der Waals surface area contributed by atoms with E-state index in [9.17, 15) is 19.5 Å². The molecule has 8 nitrogen and oxygen atoms in total. The molecule has 2 unspecified atom stereocenters. The van der Waals surface area contributed by atoms with Crippen molar-refractivity contribution in [2.75, 3.05) is 19.7 Å². The highest BCUT2D eigenvalue weighted by atomic mass is 16.5. The Hall–Kier alpha value is -1.83. The Labute approximate surface area is 122 Å². The van der Waals surface area contributed by atoms with Gasteiger partial charge in [-0.15, -0.1) is 0 Å². The van der Waals surface area contributed by atoms with Crippen LogP contribution >= 0.6 is 0 Å². The number of carbonyl (C=O) groups is 3. The SMILES string of the molecule is CCOC(=O)CN(C(=O)N1CC(O)CC1C(=O)O)C1CC1. The summed E-state index contributed by atoms with van der Waals surface area (Å²) in [6.07, 6.45) is 0.746. The standard InChI is InChI=1S/C13H20N2O6/c1-2-21-11(17)7-14(8-3-4-8)13(20)15-6-9(16)5-10(15)12(18)19/h8-10,16H,2-7H2,1H3,(H,18,19). The van der Waals surface area contributed by atoms with Gasteiger partial charge in [-0.2, -0.15) is 0 Å². The van der Waals surface area contributed by atoms with Crippen LogP contribution in [0, 0.1) is 0 Å². The molecular formula is C13H20N2O6. The molecule has 0 aromatic rings. The molecule has 1 saturated carbocycles. The molecule has 21 heavy (non-hydrogen) atoms. The normalized spacial score (nSPS) is 24.8. The number of hydrogen-bond acceptors (Lipinski definition) is 5. The largest absolute Gasteiger partial charge is 0.480 e. The molecule has 2 atom stereocenters. The fraction of sp³-hybridized carbons (Fsp3) is 0.769. The zero-order chi connectivity index (χ0) is 15.6. The second kappa shape index (κ2) is 6.30. The van der Waals surface area contributed by atoms with Crippen LogP contribution in [0.4, 0.5) is 4.79 Å². The molecule has 0 spiro atoms. The van der Waals surface area contributed by atoms with E-state index in [1.54, 1.807) is 6.92 Å². The smallest absolute Gasteiger partial charge is 0.326 e. The Balaban J connectivity index is 2.07. The minimum atomic E-state index is -1.15. The number of aliphatic hydroxyl groups excluding tert-OH is 1. The molecule has 8 heteroatoms. The van der Waals surface area contributed by atoms with Gasteiger partial charge in [0.1, 0.15) is 12.6 Å². The zero-order valence-electron chi connectivity index (χ0n) is 11.9. The van der Waals surface area contributed by atoms with Crippen LogP contribution < -0.4 is 0 Å². The summed E-state index contributed by atoms with van der Waals surface area (Å²) in [4.78, 5) is 37.7. The van der Waals surface area contributed by atoms with E-state index in [0.717, 1.165) is 17.7 Å². The molecule has 0 aromatic heterocycles. The van der Waals surface area contributed by atoms with Gasteiger partial charge in [0.15, 0.2) is 0 Å². The maximum absolute atomic E-state index is 12.5. The van der Waals surface area contributed by atoms with Crippen molar-refractivity contribution in [1.82, 2.24) is 9.80 Å². The first-order valence-corrected chi connectivity index (χ1v) is 7.07. The number of amides is 2. The highest BCUT2D eigenvalue weighted by Crippen LogP contribution is 2.30. The maximum Gasteiger partial charge on any atom is 0.326 e. The lowest BCUT2D eigenvalue weighted by atomic mass is 10.2. The molecule has 2 aliphatic rings. The molecule has 2 N–H and O–H groups in total. The third kappa shape index (κ3) is 3.63. The Bertz CT molecular complexity index is 436. The van der Waals surface area contributed by atoms with Gasteiger partial charge in [-0.3, -0.25) is 4.79 Å². The van der Waals surface area contributed by atoms with E-state index in [-0.39, 0.29) is 32.2 Å². The van der Waals surface area contributed by atoms with Gasteiger partial charge in [0, 0.05) is 19.0 Å². The minimum absolute atomic E-state index is 0.0129. The first-order valence-electron chi connectivity index (χ1n) is 7.07. The number of likely N-dealkylation sites (tertiary alicyclic amines) is 1. The summed E-state index contributed by atoms with van der Waals surface area (Å²) in [5.41, 5.74) is 0. The number of aliphatic hydroxyl groups is 1. The quantitative estimate of drug-likeness (QED) is 0.672. The van der Waals surface area contributed by atoms with Crippen molar-refractivity contribution in [3.05, 3.63) is 0 Å². The third-order valence-electron chi connectivity index (χ3n) is 3.65. The average Bonchev–Trinajstić information content (AvgIpc) is 3.17. The summed E-state index contributed by atoms with van der Waals surface area (Å²) in [5, 5.41) is 18.7. The first kappa shape index (κ1) is 15.6. The second-order valence-corrected chi connectivity index (χ2v) is 5.34. The maximum atomic E-state index is 12.5. The Morgan fingerprint density at radius 3 is 2.52 bits per heavy atom. The Kier molecular flexibility index (Phi) is 4.66. The Morgan fingerprint density at radius 1 is 1.33 bits per heavy atom. The van der Waals surface area contributed by atoms with E-state index in [4.69, 9.17) is 9.84 Å². The number of carboxylic acids is 1. The van der Waals surface area contributed by atoms with Crippen LogP contribution in [-0.4, -0.2) is 75.9 Å². The van der Waals surface area contributed by atoms with Gasteiger partial charge in [-0.1, -0.05) is 0 Å². The number of β-amino-alcohol motifs (C(OH)–C–C–N with tert-alkyl or cyclic N) is 1. The summed E-state index contributed by atoms with van der Waals surface area (Å²) < 4.78 is 4.84. The lowest BCUT2D eigenvalue weighted by Crippen LogP contribution is -2.50. The van der Waals surface area contributed by atoms with Crippen LogP contribution in [0.5, 0.6) is 0 Å². The number of aliphatic carboxylic acids is 1. The minimum Gasteiger partial charge on any atom is -0.480 e. The van der Waals surface area contributed by atoms with Crippen LogP contribution in [0.3, 0.4) is 0 Å². The molecule has 2 amide bonds. The fourth-order valence-corrected chi connectivity index (χ4v) is 2.51. The van der Waals surface area contributed by atoms with Gasteiger partial charge in [0.25, 0.3) is 0 Å².